The van der Waals surface area contributed by atoms with Gasteiger partial charge < -0.3 is 14.6 Å². The number of rotatable bonds is 7. The largest absolute Gasteiger partial charge is 0.461 e. The van der Waals surface area contributed by atoms with Crippen molar-refractivity contribution in [1.29, 1.82) is 0 Å². The number of ether oxygens (including phenoxy) is 1. The summed E-state index contributed by atoms with van der Waals surface area (Å²) in [7, 11) is -1.44. The Bertz CT molecular complexity index is 378. The van der Waals surface area contributed by atoms with E-state index in [0.717, 1.165) is 0 Å². The molecule has 0 aromatic heterocycles. The summed E-state index contributed by atoms with van der Waals surface area (Å²) in [6.45, 7) is 4.98. The normalized spacial score (nSPS) is 14.8. The van der Waals surface area contributed by atoms with E-state index < -0.39 is 13.3 Å². The molecule has 18 heavy (non-hydrogen) atoms. The van der Waals surface area contributed by atoms with Crippen molar-refractivity contribution in [3.8, 4) is 0 Å². The monoisotopic (exact) mass is 277 g/mol. The van der Waals surface area contributed by atoms with E-state index in [9.17, 15) is 14.2 Å². The van der Waals surface area contributed by atoms with Crippen LogP contribution in [0.5, 0.6) is 0 Å². The molecule has 0 spiro atoms. The van der Waals surface area contributed by atoms with E-state index in [-0.39, 0.29) is 30.8 Å². The molecule has 0 saturated carbocycles. The molecule has 6 nitrogen and oxygen atoms in total. The molecule has 1 atom stereocenters. The van der Waals surface area contributed by atoms with Gasteiger partial charge in [-0.25, -0.2) is 4.79 Å². The molecule has 0 heterocycles. The zero-order valence-corrected chi connectivity index (χ0v) is 12.1. The van der Waals surface area contributed by atoms with Crippen molar-refractivity contribution in [2.24, 2.45) is 0 Å². The fraction of sp³-hybridized carbons (Fsp3) is 0.636. The molecule has 0 saturated heterocycles. The first kappa shape index (κ1) is 16.9. The minimum absolute atomic E-state index is 0.00262. The zero-order chi connectivity index (χ0) is 14.2. The van der Waals surface area contributed by atoms with Gasteiger partial charge in [0.1, 0.15) is 5.70 Å². The van der Waals surface area contributed by atoms with Gasteiger partial charge in [0.15, 0.2) is 0 Å². The molecule has 0 aromatic carbocycles. The standard InChI is InChI=1S/C11H20NO5P/c1-5-10(13)12-9(11(14)17-6-2)7-8-18(4,15)16-3/h7H,5-6,8H2,1-4H3,(H,12,13)/b9-7-. The Balaban J connectivity index is 4.85. The lowest BCUT2D eigenvalue weighted by atomic mass is 10.3. The second kappa shape index (κ2) is 8.06. The fourth-order valence-electron chi connectivity index (χ4n) is 0.964. The van der Waals surface area contributed by atoms with Crippen LogP contribution in [0.4, 0.5) is 0 Å². The van der Waals surface area contributed by atoms with E-state index in [0.29, 0.717) is 0 Å². The molecule has 1 amide bonds. The van der Waals surface area contributed by atoms with Crippen LogP contribution in [-0.2, 0) is 23.4 Å². The zero-order valence-electron chi connectivity index (χ0n) is 11.2. The van der Waals surface area contributed by atoms with E-state index >= 15 is 0 Å². The lowest BCUT2D eigenvalue weighted by Gasteiger charge is -2.11. The van der Waals surface area contributed by atoms with Crippen LogP contribution in [0.1, 0.15) is 20.3 Å². The first-order valence-electron chi connectivity index (χ1n) is 5.65. The molecule has 0 aliphatic heterocycles. The highest BCUT2D eigenvalue weighted by Crippen LogP contribution is 2.41. The van der Waals surface area contributed by atoms with Crippen LogP contribution in [-0.4, -0.2) is 38.4 Å². The molecule has 0 bridgehead atoms. The third-order valence-corrected chi connectivity index (χ3v) is 3.72. The Kier molecular flexibility index (Phi) is 7.55. The van der Waals surface area contributed by atoms with Crippen molar-refractivity contribution in [3.63, 3.8) is 0 Å². The summed E-state index contributed by atoms with van der Waals surface area (Å²) in [5, 5.41) is 2.42. The fourth-order valence-corrected chi connectivity index (χ4v) is 1.63. The lowest BCUT2D eigenvalue weighted by Crippen LogP contribution is -2.28. The van der Waals surface area contributed by atoms with E-state index in [1.54, 1.807) is 13.8 Å². The van der Waals surface area contributed by atoms with Crippen LogP contribution in [0.2, 0.25) is 0 Å². The third-order valence-electron chi connectivity index (χ3n) is 2.10. The quantitative estimate of drug-likeness (QED) is 0.433. The molecule has 0 fully saturated rings. The number of hydrogen-bond acceptors (Lipinski definition) is 5. The second-order valence-corrected chi connectivity index (χ2v) is 6.38. The number of amides is 1. The number of nitrogens with one attached hydrogen (secondary N) is 1. The van der Waals surface area contributed by atoms with Crippen molar-refractivity contribution in [2.75, 3.05) is 26.5 Å². The predicted molar refractivity (Wildman–Crippen MR) is 68.6 cm³/mol. The SMILES string of the molecule is CCOC(=O)/C(=C/CP(C)(=O)OC)NC(=O)CC. The Morgan fingerprint density at radius 1 is 1.33 bits per heavy atom. The van der Waals surface area contributed by atoms with Crippen molar-refractivity contribution in [3.05, 3.63) is 11.8 Å². The molecule has 1 N–H and O–H groups in total. The van der Waals surface area contributed by atoms with Gasteiger partial charge in [0.05, 0.1) is 6.61 Å². The summed E-state index contributed by atoms with van der Waals surface area (Å²) in [4.78, 5) is 22.8. The molecule has 104 valence electrons. The van der Waals surface area contributed by atoms with E-state index in [1.807, 2.05) is 0 Å². The van der Waals surface area contributed by atoms with Gasteiger partial charge in [-0.1, -0.05) is 6.92 Å². The van der Waals surface area contributed by atoms with Gasteiger partial charge in [-0.3, -0.25) is 9.36 Å². The van der Waals surface area contributed by atoms with Crippen LogP contribution in [0.3, 0.4) is 0 Å². The topological polar surface area (TPSA) is 81.7 Å². The highest BCUT2D eigenvalue weighted by Gasteiger charge is 2.17. The van der Waals surface area contributed by atoms with Gasteiger partial charge in [-0.2, -0.15) is 0 Å². The lowest BCUT2D eigenvalue weighted by molar-refractivity contribution is -0.140. The number of carbonyl (C=O) groups is 2. The van der Waals surface area contributed by atoms with E-state index in [1.165, 1.54) is 19.9 Å². The minimum atomic E-state index is -2.77. The second-order valence-electron chi connectivity index (χ2n) is 3.62. The molecule has 7 heteroatoms. The van der Waals surface area contributed by atoms with Gasteiger partial charge in [0.25, 0.3) is 0 Å². The van der Waals surface area contributed by atoms with Crippen LogP contribution >= 0.6 is 7.37 Å². The van der Waals surface area contributed by atoms with Gasteiger partial charge in [0.2, 0.25) is 13.3 Å². The number of allylic oxidation sites excluding steroid dienone is 1. The first-order chi connectivity index (χ1) is 8.36. The molecule has 0 aromatic rings. The molecule has 0 aliphatic rings. The first-order valence-corrected chi connectivity index (χ1v) is 7.91. The molecule has 0 rings (SSSR count). The predicted octanol–water partition coefficient (Wildman–Crippen LogP) is 1.51. The number of carbonyl (C=O) groups excluding carboxylic acids is 2. The summed E-state index contributed by atoms with van der Waals surface area (Å²) in [5.74, 6) is -0.951. The third kappa shape index (κ3) is 6.57. The summed E-state index contributed by atoms with van der Waals surface area (Å²) < 4.78 is 21.3. The van der Waals surface area contributed by atoms with Crippen molar-refractivity contribution in [2.45, 2.75) is 20.3 Å². The molecule has 0 aliphatic carbocycles. The van der Waals surface area contributed by atoms with E-state index in [4.69, 9.17) is 9.26 Å². The van der Waals surface area contributed by atoms with Crippen LogP contribution in [0.15, 0.2) is 11.8 Å². The summed E-state index contributed by atoms with van der Waals surface area (Å²) >= 11 is 0. The van der Waals surface area contributed by atoms with Crippen molar-refractivity contribution in [1.82, 2.24) is 5.32 Å². The smallest absolute Gasteiger partial charge is 0.354 e. The van der Waals surface area contributed by atoms with Gasteiger partial charge in [0, 0.05) is 26.4 Å². The number of esters is 1. The maximum atomic E-state index is 11.7. The highest BCUT2D eigenvalue weighted by atomic mass is 31.2. The maximum absolute atomic E-state index is 11.7. The van der Waals surface area contributed by atoms with Crippen LogP contribution in [0.25, 0.3) is 0 Å². The molecule has 1 unspecified atom stereocenters. The van der Waals surface area contributed by atoms with Crippen LogP contribution in [0, 0.1) is 0 Å². The highest BCUT2D eigenvalue weighted by molar-refractivity contribution is 7.58. The van der Waals surface area contributed by atoms with Gasteiger partial charge in [-0.05, 0) is 13.0 Å². The van der Waals surface area contributed by atoms with Crippen molar-refractivity contribution >= 4 is 19.2 Å². The minimum Gasteiger partial charge on any atom is -0.461 e. The number of hydrogen-bond donors (Lipinski definition) is 1. The summed E-state index contributed by atoms with van der Waals surface area (Å²) in [6, 6.07) is 0. The average molecular weight is 277 g/mol. The molecule has 0 radical (unpaired) electrons. The Morgan fingerprint density at radius 2 is 1.94 bits per heavy atom. The Hall–Kier alpha value is -1.13. The summed E-state index contributed by atoms with van der Waals surface area (Å²) in [5.41, 5.74) is 0.00262. The van der Waals surface area contributed by atoms with Crippen molar-refractivity contribution < 1.29 is 23.4 Å². The summed E-state index contributed by atoms with van der Waals surface area (Å²) in [6.07, 6.45) is 1.67. The van der Waals surface area contributed by atoms with Gasteiger partial charge >= 0.3 is 5.97 Å². The maximum Gasteiger partial charge on any atom is 0.354 e. The van der Waals surface area contributed by atoms with Gasteiger partial charge in [-0.15, -0.1) is 0 Å². The Morgan fingerprint density at radius 3 is 2.39 bits per heavy atom. The average Bonchev–Trinajstić information content (AvgIpc) is 2.34. The van der Waals surface area contributed by atoms with E-state index in [2.05, 4.69) is 5.32 Å². The Labute approximate surface area is 107 Å². The van der Waals surface area contributed by atoms with Crippen LogP contribution < -0.4 is 5.32 Å². The molecular formula is C11H20NO5P. The molecular weight excluding hydrogens is 257 g/mol.